The van der Waals surface area contributed by atoms with E-state index in [1.807, 2.05) is 75.4 Å². The van der Waals surface area contributed by atoms with Crippen molar-refractivity contribution in [1.29, 1.82) is 0 Å². The van der Waals surface area contributed by atoms with Crippen molar-refractivity contribution in [3.8, 4) is 0 Å². The Morgan fingerprint density at radius 1 is 0.966 bits per heavy atom. The molecular weight excluding hydrogens is 384 g/mol. The molecule has 154 valence electrons. The molecule has 0 saturated heterocycles. The molecule has 5 nitrogen and oxygen atoms in total. The van der Waals surface area contributed by atoms with Crippen LogP contribution in [0.25, 0.3) is 0 Å². The Morgan fingerprint density at radius 2 is 1.55 bits per heavy atom. The highest BCUT2D eigenvalue weighted by Gasteiger charge is 2.55. The molecule has 2 aromatic rings. The number of ether oxygens (including phenoxy) is 1. The van der Waals surface area contributed by atoms with Gasteiger partial charge in [0.25, 0.3) is 5.91 Å². The molecule has 2 amide bonds. The van der Waals surface area contributed by atoms with Gasteiger partial charge in [-0.1, -0.05) is 57.2 Å². The van der Waals surface area contributed by atoms with E-state index >= 15 is 0 Å². The van der Waals surface area contributed by atoms with Crippen molar-refractivity contribution < 1.29 is 14.3 Å². The van der Waals surface area contributed by atoms with Gasteiger partial charge in [-0.15, -0.1) is 11.8 Å². The van der Waals surface area contributed by atoms with Crippen LogP contribution in [0, 0.1) is 0 Å². The molecule has 6 heteroatoms. The average molecular weight is 413 g/mol. The third kappa shape index (κ3) is 4.42. The Morgan fingerprint density at radius 3 is 2.14 bits per heavy atom. The number of alkyl carbamates (subject to hydrolysis) is 1. The monoisotopic (exact) mass is 412 g/mol. The van der Waals surface area contributed by atoms with Crippen LogP contribution in [0.2, 0.25) is 0 Å². The first-order chi connectivity index (χ1) is 13.4. The standard InChI is InChI=1S/C23H28N2O3S/c1-21(2,3)28-20(27)24-23(29-22(4,5)6)17-14-10-11-15-18(17)25(19(23)26)16-12-8-7-9-13-16/h7-15H,1-6H3,(H,24,27)/t23-/m0/s1. The van der Waals surface area contributed by atoms with E-state index in [4.69, 9.17) is 4.74 Å². The quantitative estimate of drug-likeness (QED) is 0.669. The second-order valence-corrected chi connectivity index (χ2v) is 11.1. The van der Waals surface area contributed by atoms with Crippen LogP contribution >= 0.6 is 11.8 Å². The van der Waals surface area contributed by atoms with Crippen LogP contribution < -0.4 is 10.2 Å². The molecule has 0 saturated carbocycles. The number of fused-ring (bicyclic) bond motifs is 1. The lowest BCUT2D eigenvalue weighted by Gasteiger charge is -2.35. The van der Waals surface area contributed by atoms with Crippen LogP contribution in [0.3, 0.4) is 0 Å². The van der Waals surface area contributed by atoms with Crippen molar-refractivity contribution in [2.75, 3.05) is 4.90 Å². The highest BCUT2D eigenvalue weighted by atomic mass is 32.2. The molecule has 0 spiro atoms. The van der Waals surface area contributed by atoms with Gasteiger partial charge in [-0.2, -0.15) is 0 Å². The van der Waals surface area contributed by atoms with E-state index in [0.717, 1.165) is 16.9 Å². The van der Waals surface area contributed by atoms with Crippen molar-refractivity contribution in [3.05, 3.63) is 60.2 Å². The average Bonchev–Trinajstić information content (AvgIpc) is 2.81. The van der Waals surface area contributed by atoms with E-state index in [-0.39, 0.29) is 10.7 Å². The van der Waals surface area contributed by atoms with Gasteiger partial charge >= 0.3 is 6.09 Å². The summed E-state index contributed by atoms with van der Waals surface area (Å²) in [4.78, 5) is 27.1. The largest absolute Gasteiger partial charge is 0.444 e. The number of nitrogens with zero attached hydrogens (tertiary/aromatic N) is 1. The predicted octanol–water partition coefficient (Wildman–Crippen LogP) is 5.57. The minimum absolute atomic E-state index is 0.212. The smallest absolute Gasteiger partial charge is 0.409 e. The van der Waals surface area contributed by atoms with Crippen LogP contribution in [-0.4, -0.2) is 22.3 Å². The molecule has 2 aromatic carbocycles. The van der Waals surface area contributed by atoms with Crippen LogP contribution in [0.15, 0.2) is 54.6 Å². The van der Waals surface area contributed by atoms with Gasteiger partial charge in [0.1, 0.15) is 5.60 Å². The van der Waals surface area contributed by atoms with Gasteiger partial charge < -0.3 is 4.74 Å². The number of amides is 2. The van der Waals surface area contributed by atoms with E-state index in [2.05, 4.69) is 5.32 Å². The summed E-state index contributed by atoms with van der Waals surface area (Å²) in [5.41, 5.74) is 1.60. The van der Waals surface area contributed by atoms with E-state index < -0.39 is 16.6 Å². The summed E-state index contributed by atoms with van der Waals surface area (Å²) in [6.45, 7) is 11.5. The number of benzene rings is 2. The van der Waals surface area contributed by atoms with Crippen molar-refractivity contribution in [2.45, 2.75) is 56.8 Å². The van der Waals surface area contributed by atoms with E-state index in [9.17, 15) is 9.59 Å². The van der Waals surface area contributed by atoms with Gasteiger partial charge in [-0.05, 0) is 39.0 Å². The number of carbonyl (C=O) groups is 2. The SMILES string of the molecule is CC(C)(C)OC(=O)N[C@@]1(SC(C)(C)C)C(=O)N(c2ccccc2)c2ccccc21. The van der Waals surface area contributed by atoms with Crippen LogP contribution in [0.1, 0.15) is 47.1 Å². The van der Waals surface area contributed by atoms with Crippen LogP contribution in [0.5, 0.6) is 0 Å². The molecule has 0 unspecified atom stereocenters. The molecule has 0 bridgehead atoms. The van der Waals surface area contributed by atoms with E-state index in [1.54, 1.807) is 25.7 Å². The maximum absolute atomic E-state index is 13.9. The maximum Gasteiger partial charge on any atom is 0.409 e. The lowest BCUT2D eigenvalue weighted by Crippen LogP contribution is -2.52. The normalized spacial score (nSPS) is 19.1. The van der Waals surface area contributed by atoms with Crippen molar-refractivity contribution in [2.24, 2.45) is 0 Å². The van der Waals surface area contributed by atoms with Gasteiger partial charge in [0, 0.05) is 16.0 Å². The van der Waals surface area contributed by atoms with Crippen molar-refractivity contribution in [1.82, 2.24) is 5.32 Å². The second-order valence-electron chi connectivity index (χ2n) is 9.02. The Balaban J connectivity index is 2.14. The minimum atomic E-state index is -1.28. The molecule has 1 heterocycles. The Kier molecular flexibility index (Phi) is 5.43. The fraction of sp³-hybridized carbons (Fsp3) is 0.391. The fourth-order valence-electron chi connectivity index (χ4n) is 3.33. The molecule has 1 aliphatic rings. The van der Waals surface area contributed by atoms with Gasteiger partial charge in [-0.25, -0.2) is 4.79 Å². The molecule has 29 heavy (non-hydrogen) atoms. The summed E-state index contributed by atoms with van der Waals surface area (Å²) in [7, 11) is 0. The topological polar surface area (TPSA) is 58.6 Å². The number of hydrogen-bond acceptors (Lipinski definition) is 4. The third-order valence-electron chi connectivity index (χ3n) is 4.18. The molecule has 0 aliphatic carbocycles. The predicted molar refractivity (Wildman–Crippen MR) is 118 cm³/mol. The zero-order valence-electron chi connectivity index (χ0n) is 17.8. The number of thioether (sulfide) groups is 1. The molecule has 0 fully saturated rings. The first kappa shape index (κ1) is 21.2. The minimum Gasteiger partial charge on any atom is -0.444 e. The molecule has 3 rings (SSSR count). The second kappa shape index (κ2) is 7.41. The highest BCUT2D eigenvalue weighted by Crippen LogP contribution is 2.53. The summed E-state index contributed by atoms with van der Waals surface area (Å²) >= 11 is 1.41. The van der Waals surface area contributed by atoms with Gasteiger partial charge in [0.15, 0.2) is 4.87 Å². The molecule has 1 N–H and O–H groups in total. The number of rotatable bonds is 3. The van der Waals surface area contributed by atoms with Crippen molar-refractivity contribution in [3.63, 3.8) is 0 Å². The lowest BCUT2D eigenvalue weighted by molar-refractivity contribution is -0.120. The summed E-state index contributed by atoms with van der Waals surface area (Å²) in [5.74, 6) is -0.212. The number of anilines is 2. The summed E-state index contributed by atoms with van der Waals surface area (Å²) in [6.07, 6.45) is -0.618. The van der Waals surface area contributed by atoms with E-state index in [1.165, 1.54) is 11.8 Å². The first-order valence-electron chi connectivity index (χ1n) is 9.63. The number of nitrogens with one attached hydrogen (secondary N) is 1. The van der Waals surface area contributed by atoms with Gasteiger partial charge in [-0.3, -0.25) is 15.0 Å². The molecule has 1 atom stereocenters. The Labute approximate surface area is 176 Å². The summed E-state index contributed by atoms with van der Waals surface area (Å²) < 4.78 is 5.21. The summed E-state index contributed by atoms with van der Waals surface area (Å²) in [6, 6.07) is 17.1. The number of carbonyl (C=O) groups excluding carboxylic acids is 2. The summed E-state index contributed by atoms with van der Waals surface area (Å²) in [5, 5.41) is 2.92. The Hall–Kier alpha value is -2.47. The van der Waals surface area contributed by atoms with Gasteiger partial charge in [0.05, 0.1) is 5.69 Å². The first-order valence-corrected chi connectivity index (χ1v) is 10.5. The zero-order valence-corrected chi connectivity index (χ0v) is 18.6. The fourth-order valence-corrected chi connectivity index (χ4v) is 4.85. The number of para-hydroxylation sites is 2. The molecule has 0 radical (unpaired) electrons. The highest BCUT2D eigenvalue weighted by molar-refractivity contribution is 8.02. The van der Waals surface area contributed by atoms with Crippen molar-refractivity contribution >= 4 is 35.1 Å². The van der Waals surface area contributed by atoms with Gasteiger partial charge in [0.2, 0.25) is 0 Å². The Bertz CT molecular complexity index is 916. The maximum atomic E-state index is 13.9. The molecular formula is C23H28N2O3S. The number of hydrogen-bond donors (Lipinski definition) is 1. The zero-order chi connectivity index (χ0) is 21.4. The molecule has 1 aliphatic heterocycles. The third-order valence-corrected chi connectivity index (χ3v) is 5.59. The lowest BCUT2D eigenvalue weighted by atomic mass is 10.1. The molecule has 0 aromatic heterocycles. The van der Waals surface area contributed by atoms with E-state index in [0.29, 0.717) is 0 Å². The van der Waals surface area contributed by atoms with Crippen LogP contribution in [0.4, 0.5) is 16.2 Å². The van der Waals surface area contributed by atoms with Crippen LogP contribution in [-0.2, 0) is 14.4 Å².